The number of ketones is 1. The number of hydrogen-bond donors (Lipinski definition) is 0. The Morgan fingerprint density at radius 1 is 1.31 bits per heavy atom. The first-order chi connectivity index (χ1) is 14.0. The van der Waals surface area contributed by atoms with Gasteiger partial charge < -0.3 is 9.15 Å². The number of carbonyl (C=O) groups excluding carboxylic acids is 2. The zero-order chi connectivity index (χ0) is 20.4. The van der Waals surface area contributed by atoms with Crippen molar-refractivity contribution in [2.45, 2.75) is 19.4 Å². The molecular formula is C21H17FN2O4S. The van der Waals surface area contributed by atoms with Crippen molar-refractivity contribution >= 4 is 28.7 Å². The predicted octanol–water partition coefficient (Wildman–Crippen LogP) is 4.44. The summed E-state index contributed by atoms with van der Waals surface area (Å²) < 4.78 is 24.8. The number of furan rings is 1. The highest BCUT2D eigenvalue weighted by atomic mass is 32.1. The second kappa shape index (κ2) is 8.00. The second-order valence-electron chi connectivity index (χ2n) is 6.48. The molecule has 4 rings (SSSR count). The summed E-state index contributed by atoms with van der Waals surface area (Å²) in [5.41, 5.74) is 0.660. The lowest BCUT2D eigenvalue weighted by atomic mass is 10.1. The highest BCUT2D eigenvalue weighted by Gasteiger charge is 2.34. The molecule has 3 heterocycles. The third-order valence-electron chi connectivity index (χ3n) is 4.53. The first-order valence-electron chi connectivity index (χ1n) is 8.93. The molecule has 148 valence electrons. The Morgan fingerprint density at radius 3 is 2.83 bits per heavy atom. The van der Waals surface area contributed by atoms with Crippen molar-refractivity contribution in [3.63, 3.8) is 0 Å². The lowest BCUT2D eigenvalue weighted by Crippen LogP contribution is -2.31. The molecule has 1 atom stereocenters. The van der Waals surface area contributed by atoms with Crippen molar-refractivity contribution in [2.24, 2.45) is 5.10 Å². The maximum absolute atomic E-state index is 14.0. The Kier molecular flexibility index (Phi) is 5.26. The van der Waals surface area contributed by atoms with Crippen LogP contribution in [-0.2, 0) is 4.79 Å². The quantitative estimate of drug-likeness (QED) is 0.561. The predicted molar refractivity (Wildman–Crippen MR) is 106 cm³/mol. The Bertz CT molecular complexity index is 1060. The summed E-state index contributed by atoms with van der Waals surface area (Å²) in [5, 5.41) is 7.79. The van der Waals surface area contributed by atoms with E-state index in [0.29, 0.717) is 17.9 Å². The molecule has 1 aliphatic rings. The van der Waals surface area contributed by atoms with Crippen LogP contribution in [0.4, 0.5) is 4.39 Å². The summed E-state index contributed by atoms with van der Waals surface area (Å²) in [6, 6.07) is 11.1. The minimum absolute atomic E-state index is 0.0198. The monoisotopic (exact) mass is 412 g/mol. The fraction of sp³-hybridized carbons (Fsp3) is 0.190. The maximum Gasteiger partial charge on any atom is 0.281 e. The van der Waals surface area contributed by atoms with Crippen LogP contribution in [0.3, 0.4) is 0 Å². The number of nitrogens with zero attached hydrogens (tertiary/aromatic N) is 2. The number of hydrogen-bond acceptors (Lipinski definition) is 6. The van der Waals surface area contributed by atoms with Gasteiger partial charge in [0.1, 0.15) is 23.0 Å². The molecule has 3 aromatic rings. The van der Waals surface area contributed by atoms with Crippen LogP contribution in [0.5, 0.6) is 5.75 Å². The van der Waals surface area contributed by atoms with Crippen LogP contribution in [0.1, 0.15) is 40.4 Å². The molecule has 0 saturated carbocycles. The van der Waals surface area contributed by atoms with E-state index in [4.69, 9.17) is 9.15 Å². The third kappa shape index (κ3) is 3.97. The molecule has 0 bridgehead atoms. The van der Waals surface area contributed by atoms with Gasteiger partial charge in [-0.1, -0.05) is 6.07 Å². The number of Topliss-reactive ketones (excluding diaryl/α,β-unsaturated/α-hetero) is 1. The molecule has 29 heavy (non-hydrogen) atoms. The van der Waals surface area contributed by atoms with E-state index in [2.05, 4.69) is 5.10 Å². The van der Waals surface area contributed by atoms with E-state index in [0.717, 1.165) is 10.9 Å². The summed E-state index contributed by atoms with van der Waals surface area (Å²) >= 11 is 1.54. The van der Waals surface area contributed by atoms with Gasteiger partial charge in [-0.2, -0.15) is 5.10 Å². The van der Waals surface area contributed by atoms with E-state index in [1.54, 1.807) is 29.7 Å². The number of ether oxygens (including phenoxy) is 1. The maximum atomic E-state index is 14.0. The van der Waals surface area contributed by atoms with Gasteiger partial charge in [-0.15, -0.1) is 11.3 Å². The highest BCUT2D eigenvalue weighted by molar-refractivity contribution is 7.10. The number of carbonyl (C=O) groups is 2. The van der Waals surface area contributed by atoms with Crippen molar-refractivity contribution in [3.05, 3.63) is 76.1 Å². The summed E-state index contributed by atoms with van der Waals surface area (Å²) in [6.45, 7) is 0.977. The molecule has 0 N–H and O–H groups in total. The van der Waals surface area contributed by atoms with E-state index in [1.165, 1.54) is 24.1 Å². The van der Waals surface area contributed by atoms with Gasteiger partial charge in [0.2, 0.25) is 0 Å². The van der Waals surface area contributed by atoms with Crippen LogP contribution in [0.15, 0.2) is 63.6 Å². The van der Waals surface area contributed by atoms with E-state index in [1.807, 2.05) is 17.5 Å². The van der Waals surface area contributed by atoms with Crippen molar-refractivity contribution in [1.82, 2.24) is 5.01 Å². The Labute approximate surface area is 170 Å². The number of halogens is 1. The molecule has 0 aliphatic carbocycles. The van der Waals surface area contributed by atoms with Crippen LogP contribution < -0.4 is 4.74 Å². The lowest BCUT2D eigenvalue weighted by molar-refractivity contribution is -0.135. The fourth-order valence-electron chi connectivity index (χ4n) is 3.12. The van der Waals surface area contributed by atoms with Crippen molar-refractivity contribution in [3.8, 4) is 5.75 Å². The van der Waals surface area contributed by atoms with Gasteiger partial charge >= 0.3 is 0 Å². The topological polar surface area (TPSA) is 72.1 Å². The molecule has 0 saturated heterocycles. The summed E-state index contributed by atoms with van der Waals surface area (Å²) in [4.78, 5) is 25.2. The largest absolute Gasteiger partial charge is 0.484 e. The average Bonchev–Trinajstić information content (AvgIpc) is 3.46. The molecule has 2 aromatic heterocycles. The van der Waals surface area contributed by atoms with Crippen LogP contribution >= 0.6 is 11.3 Å². The summed E-state index contributed by atoms with van der Waals surface area (Å²) in [7, 11) is 0. The molecular weight excluding hydrogens is 395 g/mol. The molecule has 0 spiro atoms. The minimum Gasteiger partial charge on any atom is -0.484 e. The number of thiophene rings is 1. The lowest BCUT2D eigenvalue weighted by Gasteiger charge is -2.20. The van der Waals surface area contributed by atoms with Gasteiger partial charge in [-0.25, -0.2) is 9.40 Å². The van der Waals surface area contributed by atoms with E-state index >= 15 is 0 Å². The van der Waals surface area contributed by atoms with Crippen molar-refractivity contribution in [1.29, 1.82) is 0 Å². The Balaban J connectivity index is 1.51. The third-order valence-corrected chi connectivity index (χ3v) is 5.50. The molecule has 6 nitrogen and oxygen atoms in total. The van der Waals surface area contributed by atoms with Crippen LogP contribution in [0.25, 0.3) is 0 Å². The number of amides is 1. The van der Waals surface area contributed by atoms with E-state index in [-0.39, 0.29) is 35.7 Å². The first-order valence-corrected chi connectivity index (χ1v) is 9.81. The summed E-state index contributed by atoms with van der Waals surface area (Å²) in [5.74, 6) is -0.632. The average molecular weight is 412 g/mol. The number of hydrazone groups is 1. The van der Waals surface area contributed by atoms with Gasteiger partial charge in [0, 0.05) is 17.4 Å². The van der Waals surface area contributed by atoms with Crippen molar-refractivity contribution in [2.75, 3.05) is 6.61 Å². The Hall–Kier alpha value is -3.26. The zero-order valence-corrected chi connectivity index (χ0v) is 16.3. The standard InChI is InChI=1S/C21H17FN2O4S/c1-13(25)15-7-6-14(10-16(15)22)28-12-21(26)24-18(20-5-3-9-29-20)11-17(23-24)19-4-2-8-27-19/h2-10,18H,11-12H2,1H3. The molecule has 1 aromatic carbocycles. The molecule has 1 amide bonds. The molecule has 1 aliphatic heterocycles. The minimum atomic E-state index is -0.682. The van der Waals surface area contributed by atoms with Gasteiger partial charge in [0.05, 0.1) is 17.9 Å². The number of rotatable bonds is 6. The van der Waals surface area contributed by atoms with Gasteiger partial charge in [0.15, 0.2) is 12.4 Å². The van der Waals surface area contributed by atoms with Gasteiger partial charge in [-0.05, 0) is 42.6 Å². The molecule has 8 heteroatoms. The first kappa shape index (κ1) is 19.1. The SMILES string of the molecule is CC(=O)c1ccc(OCC(=O)N2N=C(c3ccco3)CC2c2cccs2)cc1F. The van der Waals surface area contributed by atoms with E-state index in [9.17, 15) is 14.0 Å². The highest BCUT2D eigenvalue weighted by Crippen LogP contribution is 2.35. The fourth-order valence-corrected chi connectivity index (χ4v) is 3.93. The van der Waals surface area contributed by atoms with Crippen LogP contribution in [0.2, 0.25) is 0 Å². The zero-order valence-electron chi connectivity index (χ0n) is 15.5. The van der Waals surface area contributed by atoms with Crippen LogP contribution in [0, 0.1) is 5.82 Å². The molecule has 0 radical (unpaired) electrons. The second-order valence-corrected chi connectivity index (χ2v) is 7.46. The normalized spacial score (nSPS) is 16.0. The van der Waals surface area contributed by atoms with Gasteiger partial charge in [0.25, 0.3) is 5.91 Å². The Morgan fingerprint density at radius 2 is 2.17 bits per heavy atom. The smallest absolute Gasteiger partial charge is 0.281 e. The number of benzene rings is 1. The van der Waals surface area contributed by atoms with E-state index < -0.39 is 5.82 Å². The molecule has 0 fully saturated rings. The summed E-state index contributed by atoms with van der Waals surface area (Å²) in [6.07, 6.45) is 2.09. The van der Waals surface area contributed by atoms with Crippen molar-refractivity contribution < 1.29 is 23.1 Å². The van der Waals surface area contributed by atoms with Crippen LogP contribution in [-0.4, -0.2) is 29.0 Å². The van der Waals surface area contributed by atoms with Gasteiger partial charge in [-0.3, -0.25) is 9.59 Å². The molecule has 1 unspecified atom stereocenters.